The summed E-state index contributed by atoms with van der Waals surface area (Å²) in [6.45, 7) is 8.78. The monoisotopic (exact) mass is 348 g/mol. The lowest BCUT2D eigenvalue weighted by Gasteiger charge is -2.24. The van der Waals surface area contributed by atoms with Crippen molar-refractivity contribution < 1.29 is 14.5 Å². The summed E-state index contributed by atoms with van der Waals surface area (Å²) in [5.74, 6) is -0.173. The zero-order valence-corrected chi connectivity index (χ0v) is 14.9. The van der Waals surface area contributed by atoms with Crippen molar-refractivity contribution >= 4 is 17.5 Å². The number of aromatic nitrogens is 1. The first-order valence-corrected chi connectivity index (χ1v) is 8.53. The van der Waals surface area contributed by atoms with E-state index in [-0.39, 0.29) is 16.8 Å². The molecule has 1 aromatic heterocycles. The number of anilines is 1. The number of nitrogens with zero attached hydrogens (tertiary/aromatic N) is 3. The van der Waals surface area contributed by atoms with Crippen LogP contribution in [0.3, 0.4) is 0 Å². The first-order valence-electron chi connectivity index (χ1n) is 8.53. The van der Waals surface area contributed by atoms with Gasteiger partial charge in [0, 0.05) is 31.1 Å². The fraction of sp³-hybridized carbons (Fsp3) is 0.647. The molecule has 0 saturated carbocycles. The second kappa shape index (κ2) is 6.25. The number of nitrogens with one attached hydrogen (secondary N) is 1. The molecule has 0 aliphatic carbocycles. The van der Waals surface area contributed by atoms with Gasteiger partial charge in [-0.1, -0.05) is 0 Å². The van der Waals surface area contributed by atoms with Crippen LogP contribution in [0, 0.1) is 15.5 Å². The van der Waals surface area contributed by atoms with Gasteiger partial charge < -0.3 is 15.0 Å². The van der Waals surface area contributed by atoms with Gasteiger partial charge in [-0.05, 0) is 40.2 Å². The number of esters is 1. The Balaban J connectivity index is 1.88. The van der Waals surface area contributed by atoms with Crippen molar-refractivity contribution in [2.24, 2.45) is 5.41 Å². The van der Waals surface area contributed by atoms with Gasteiger partial charge in [0.05, 0.1) is 11.0 Å². The maximum absolute atomic E-state index is 12.3. The number of carbonyl (C=O) groups is 1. The van der Waals surface area contributed by atoms with E-state index in [1.165, 1.54) is 12.1 Å². The van der Waals surface area contributed by atoms with E-state index in [9.17, 15) is 14.9 Å². The normalized spacial score (nSPS) is 23.2. The van der Waals surface area contributed by atoms with Gasteiger partial charge in [0.15, 0.2) is 5.69 Å². The molecule has 2 saturated heterocycles. The number of ether oxygens (including phenoxy) is 1. The van der Waals surface area contributed by atoms with Crippen LogP contribution >= 0.6 is 0 Å². The fourth-order valence-electron chi connectivity index (χ4n) is 3.48. The summed E-state index contributed by atoms with van der Waals surface area (Å²) in [6.07, 6.45) is 2.11. The van der Waals surface area contributed by atoms with E-state index in [1.807, 2.05) is 4.90 Å². The lowest BCUT2D eigenvalue weighted by atomic mass is 9.87. The Labute approximate surface area is 146 Å². The van der Waals surface area contributed by atoms with Crippen LogP contribution in [0.4, 0.5) is 11.5 Å². The van der Waals surface area contributed by atoms with E-state index in [1.54, 1.807) is 20.8 Å². The highest BCUT2D eigenvalue weighted by atomic mass is 16.6. The molecule has 1 N–H and O–H groups in total. The van der Waals surface area contributed by atoms with Crippen LogP contribution in [-0.4, -0.2) is 47.7 Å². The third kappa shape index (κ3) is 3.89. The Morgan fingerprint density at radius 3 is 2.76 bits per heavy atom. The summed E-state index contributed by atoms with van der Waals surface area (Å²) in [5.41, 5.74) is -0.643. The molecule has 0 unspecified atom stereocenters. The van der Waals surface area contributed by atoms with E-state index in [0.717, 1.165) is 39.0 Å². The Kier molecular flexibility index (Phi) is 4.40. The molecule has 8 nitrogen and oxygen atoms in total. The first-order chi connectivity index (χ1) is 11.7. The molecule has 0 aromatic carbocycles. The summed E-state index contributed by atoms with van der Waals surface area (Å²) in [7, 11) is 0. The largest absolute Gasteiger partial charge is 0.455 e. The molecular weight excluding hydrogens is 324 g/mol. The predicted molar refractivity (Wildman–Crippen MR) is 92.8 cm³/mol. The Hall–Kier alpha value is -2.22. The molecule has 8 heteroatoms. The minimum absolute atomic E-state index is 0.0235. The molecule has 0 radical (unpaired) electrons. The van der Waals surface area contributed by atoms with Crippen LogP contribution in [0.2, 0.25) is 0 Å². The second-order valence-electron chi connectivity index (χ2n) is 7.93. The average Bonchev–Trinajstić information content (AvgIpc) is 3.15. The van der Waals surface area contributed by atoms with Crippen LogP contribution in [0.1, 0.15) is 44.1 Å². The molecule has 25 heavy (non-hydrogen) atoms. The molecule has 2 aliphatic rings. The minimum Gasteiger partial charge on any atom is -0.455 e. The fourth-order valence-corrected chi connectivity index (χ4v) is 3.48. The summed E-state index contributed by atoms with van der Waals surface area (Å²) in [6, 6.07) is 2.62. The van der Waals surface area contributed by atoms with E-state index in [2.05, 4.69) is 10.3 Å². The minimum atomic E-state index is -0.684. The molecule has 1 atom stereocenters. The molecule has 0 amide bonds. The molecule has 1 spiro atoms. The van der Waals surface area contributed by atoms with E-state index in [0.29, 0.717) is 5.82 Å². The quantitative estimate of drug-likeness (QED) is 0.507. The number of hydrogen-bond donors (Lipinski definition) is 1. The van der Waals surface area contributed by atoms with Crippen molar-refractivity contribution in [3.63, 3.8) is 0 Å². The van der Waals surface area contributed by atoms with Gasteiger partial charge in [0.1, 0.15) is 11.4 Å². The van der Waals surface area contributed by atoms with E-state index < -0.39 is 16.5 Å². The highest BCUT2D eigenvalue weighted by Crippen LogP contribution is 2.38. The second-order valence-corrected chi connectivity index (χ2v) is 7.93. The van der Waals surface area contributed by atoms with Crippen LogP contribution in [0.25, 0.3) is 0 Å². The lowest BCUT2D eigenvalue weighted by molar-refractivity contribution is -0.384. The number of rotatable bonds is 3. The van der Waals surface area contributed by atoms with Crippen LogP contribution in [0.5, 0.6) is 0 Å². The van der Waals surface area contributed by atoms with Gasteiger partial charge in [-0.15, -0.1) is 0 Å². The maximum atomic E-state index is 12.3. The zero-order valence-electron chi connectivity index (χ0n) is 14.9. The summed E-state index contributed by atoms with van der Waals surface area (Å²) in [4.78, 5) is 29.5. The summed E-state index contributed by atoms with van der Waals surface area (Å²) < 4.78 is 5.32. The Morgan fingerprint density at radius 2 is 2.16 bits per heavy atom. The van der Waals surface area contributed by atoms with E-state index in [4.69, 9.17) is 4.74 Å². The molecule has 1 aromatic rings. The van der Waals surface area contributed by atoms with Gasteiger partial charge in [-0.25, -0.2) is 9.78 Å². The maximum Gasteiger partial charge on any atom is 0.357 e. The van der Waals surface area contributed by atoms with Crippen molar-refractivity contribution in [2.75, 3.05) is 31.1 Å². The molecule has 2 aliphatic heterocycles. The van der Waals surface area contributed by atoms with Crippen LogP contribution in [-0.2, 0) is 4.74 Å². The standard InChI is InChI=1S/C17H24N4O4/c1-16(2,3)25-15(22)13-8-12(21(23)24)9-14(19-13)20-7-5-17(11-20)4-6-18-10-17/h8-9,18H,4-7,10-11H2,1-3H3/t17-/m1/s1. The first kappa shape index (κ1) is 17.6. The molecule has 0 bridgehead atoms. The van der Waals surface area contributed by atoms with Gasteiger partial charge in [0.25, 0.3) is 5.69 Å². The molecular formula is C17H24N4O4. The van der Waals surface area contributed by atoms with Gasteiger partial charge in [-0.2, -0.15) is 0 Å². The third-order valence-electron chi connectivity index (χ3n) is 4.71. The van der Waals surface area contributed by atoms with Gasteiger partial charge in [-0.3, -0.25) is 10.1 Å². The third-order valence-corrected chi connectivity index (χ3v) is 4.71. The SMILES string of the molecule is CC(C)(C)OC(=O)c1cc([N+](=O)[O-])cc(N2CC[C@@]3(CCNC3)C2)n1. The predicted octanol–water partition coefficient (Wildman–Crippen LogP) is 2.13. The zero-order chi connectivity index (χ0) is 18.2. The van der Waals surface area contributed by atoms with Crippen molar-refractivity contribution in [3.05, 3.63) is 27.9 Å². The van der Waals surface area contributed by atoms with Crippen molar-refractivity contribution in [1.82, 2.24) is 10.3 Å². The lowest BCUT2D eigenvalue weighted by Crippen LogP contribution is -2.30. The molecule has 136 valence electrons. The highest BCUT2D eigenvalue weighted by molar-refractivity contribution is 5.89. The van der Waals surface area contributed by atoms with Crippen molar-refractivity contribution in [2.45, 2.75) is 39.2 Å². The number of hydrogen-bond acceptors (Lipinski definition) is 7. The summed E-state index contributed by atoms with van der Waals surface area (Å²) in [5, 5.41) is 14.7. The highest BCUT2D eigenvalue weighted by Gasteiger charge is 2.41. The number of carbonyl (C=O) groups excluding carboxylic acids is 1. The Bertz CT molecular complexity index is 692. The number of nitro groups is 1. The van der Waals surface area contributed by atoms with Crippen LogP contribution < -0.4 is 10.2 Å². The molecule has 2 fully saturated rings. The number of pyridine rings is 1. The van der Waals surface area contributed by atoms with Crippen molar-refractivity contribution in [1.29, 1.82) is 0 Å². The summed E-state index contributed by atoms with van der Waals surface area (Å²) >= 11 is 0. The topological polar surface area (TPSA) is 97.6 Å². The smallest absolute Gasteiger partial charge is 0.357 e. The van der Waals surface area contributed by atoms with E-state index >= 15 is 0 Å². The molecule has 3 heterocycles. The Morgan fingerprint density at radius 1 is 1.40 bits per heavy atom. The average molecular weight is 348 g/mol. The van der Waals surface area contributed by atoms with Crippen LogP contribution in [0.15, 0.2) is 12.1 Å². The molecule has 3 rings (SSSR count). The van der Waals surface area contributed by atoms with Crippen molar-refractivity contribution in [3.8, 4) is 0 Å². The van der Waals surface area contributed by atoms with Gasteiger partial charge in [0.2, 0.25) is 0 Å². The van der Waals surface area contributed by atoms with Gasteiger partial charge >= 0.3 is 5.97 Å².